The fraction of sp³-hybridized carbons (Fsp3) is 0.0625. The molecule has 0 aliphatic heterocycles. The number of non-ortho nitro benzene ring substituents is 1. The first-order valence-electron chi connectivity index (χ1n) is 7.17. The van der Waals surface area contributed by atoms with E-state index in [1.54, 1.807) is 0 Å². The molecule has 0 saturated carbocycles. The Kier molecular flexibility index (Phi) is 6.34. The minimum absolute atomic E-state index is 0.0179. The van der Waals surface area contributed by atoms with Gasteiger partial charge in [0.1, 0.15) is 5.82 Å². The molecule has 0 saturated heterocycles. The van der Waals surface area contributed by atoms with E-state index in [2.05, 4.69) is 15.8 Å². The van der Waals surface area contributed by atoms with E-state index in [0.29, 0.717) is 0 Å². The highest BCUT2D eigenvalue weighted by Gasteiger charge is 2.10. The lowest BCUT2D eigenvalue weighted by Gasteiger charge is -2.04. The van der Waals surface area contributed by atoms with Crippen LogP contribution in [-0.2, 0) is 4.79 Å². The number of nitro groups is 1. The van der Waals surface area contributed by atoms with Gasteiger partial charge in [0.05, 0.1) is 22.7 Å². The molecule has 2 amide bonds. The third-order valence-electron chi connectivity index (χ3n) is 3.13. The summed E-state index contributed by atoms with van der Waals surface area (Å²) < 4.78 is 13.5. The summed E-state index contributed by atoms with van der Waals surface area (Å²) in [5.74, 6) is -1.83. The molecular weight excluding hydrogens is 367 g/mol. The van der Waals surface area contributed by atoms with Gasteiger partial charge in [0.2, 0.25) is 0 Å². The van der Waals surface area contributed by atoms with Crippen LogP contribution >= 0.6 is 11.6 Å². The van der Waals surface area contributed by atoms with Crippen molar-refractivity contribution in [2.24, 2.45) is 5.10 Å². The molecule has 2 aromatic carbocycles. The lowest BCUT2D eigenvalue weighted by molar-refractivity contribution is -0.384. The molecule has 0 bridgehead atoms. The van der Waals surface area contributed by atoms with Crippen LogP contribution in [0.4, 0.5) is 10.1 Å². The maximum absolute atomic E-state index is 13.5. The lowest BCUT2D eigenvalue weighted by Crippen LogP contribution is -2.34. The zero-order valence-electron chi connectivity index (χ0n) is 13.1. The van der Waals surface area contributed by atoms with Gasteiger partial charge < -0.3 is 5.32 Å². The fourth-order valence-electron chi connectivity index (χ4n) is 1.84. The molecule has 2 aromatic rings. The maximum atomic E-state index is 13.5. The van der Waals surface area contributed by atoms with Crippen LogP contribution in [0.15, 0.2) is 47.6 Å². The highest BCUT2D eigenvalue weighted by Crippen LogP contribution is 2.16. The first kappa shape index (κ1) is 19.0. The number of hydrogen-bond donors (Lipinski definition) is 2. The molecule has 2 rings (SSSR count). The second-order valence-corrected chi connectivity index (χ2v) is 5.32. The highest BCUT2D eigenvalue weighted by molar-refractivity contribution is 6.33. The first-order valence-corrected chi connectivity index (χ1v) is 7.55. The Labute approximate surface area is 151 Å². The molecule has 0 atom stereocenters. The second kappa shape index (κ2) is 8.67. The number of nitro benzene ring substituents is 1. The Morgan fingerprint density at radius 2 is 1.92 bits per heavy atom. The van der Waals surface area contributed by atoms with Gasteiger partial charge in [-0.2, -0.15) is 5.10 Å². The van der Waals surface area contributed by atoms with Gasteiger partial charge in [-0.1, -0.05) is 17.7 Å². The Balaban J connectivity index is 1.85. The van der Waals surface area contributed by atoms with Crippen LogP contribution in [0.2, 0.25) is 5.02 Å². The van der Waals surface area contributed by atoms with E-state index < -0.39 is 29.1 Å². The van der Waals surface area contributed by atoms with Crippen LogP contribution in [0.25, 0.3) is 0 Å². The largest absolute Gasteiger partial charge is 0.343 e. The SMILES string of the molecule is O=C(CNC(=O)c1ccc([N+](=O)[O-])cc1)N/N=C/c1c(F)cccc1Cl. The number of rotatable bonds is 6. The molecular formula is C16H12ClFN4O4. The number of hydrazone groups is 1. The lowest BCUT2D eigenvalue weighted by atomic mass is 10.2. The standard InChI is InChI=1S/C16H12ClFN4O4/c17-13-2-1-3-14(18)12(13)8-20-21-15(23)9-19-16(24)10-4-6-11(7-5-10)22(25)26/h1-8H,9H2,(H,19,24)(H,21,23)/b20-8+. The number of nitrogens with one attached hydrogen (secondary N) is 2. The van der Waals surface area contributed by atoms with E-state index in [0.717, 1.165) is 6.21 Å². The molecule has 0 unspecified atom stereocenters. The Morgan fingerprint density at radius 3 is 2.54 bits per heavy atom. The quantitative estimate of drug-likeness (QED) is 0.456. The molecule has 0 aliphatic rings. The molecule has 10 heteroatoms. The van der Waals surface area contributed by atoms with E-state index >= 15 is 0 Å². The van der Waals surface area contributed by atoms with Crippen molar-refractivity contribution in [2.75, 3.05) is 6.54 Å². The van der Waals surface area contributed by atoms with Gasteiger partial charge in [-0.3, -0.25) is 19.7 Å². The normalized spacial score (nSPS) is 10.5. The van der Waals surface area contributed by atoms with E-state index in [9.17, 15) is 24.1 Å². The Morgan fingerprint density at radius 1 is 1.23 bits per heavy atom. The minimum atomic E-state index is -0.649. The Hall–Kier alpha value is -3.33. The molecule has 0 aromatic heterocycles. The van der Waals surface area contributed by atoms with Gasteiger partial charge in [-0.25, -0.2) is 9.82 Å². The monoisotopic (exact) mass is 378 g/mol. The minimum Gasteiger partial charge on any atom is -0.343 e. The van der Waals surface area contributed by atoms with E-state index in [4.69, 9.17) is 11.6 Å². The van der Waals surface area contributed by atoms with Crippen LogP contribution in [0.1, 0.15) is 15.9 Å². The van der Waals surface area contributed by atoms with Crippen LogP contribution < -0.4 is 10.7 Å². The van der Waals surface area contributed by atoms with Crippen molar-refractivity contribution in [3.63, 3.8) is 0 Å². The van der Waals surface area contributed by atoms with Crippen LogP contribution in [0.3, 0.4) is 0 Å². The molecule has 0 heterocycles. The predicted molar refractivity (Wildman–Crippen MR) is 92.6 cm³/mol. The summed E-state index contributed by atoms with van der Waals surface area (Å²) in [6.07, 6.45) is 1.05. The van der Waals surface area contributed by atoms with Gasteiger partial charge in [-0.05, 0) is 24.3 Å². The van der Waals surface area contributed by atoms with Crippen molar-refractivity contribution in [1.82, 2.24) is 10.7 Å². The van der Waals surface area contributed by atoms with E-state index in [1.807, 2.05) is 0 Å². The van der Waals surface area contributed by atoms with Gasteiger partial charge >= 0.3 is 0 Å². The van der Waals surface area contributed by atoms with Crippen molar-refractivity contribution in [3.8, 4) is 0 Å². The van der Waals surface area contributed by atoms with Crippen LogP contribution in [0.5, 0.6) is 0 Å². The molecule has 8 nitrogen and oxygen atoms in total. The van der Waals surface area contributed by atoms with Gasteiger partial charge in [0.15, 0.2) is 0 Å². The summed E-state index contributed by atoms with van der Waals surface area (Å²) >= 11 is 5.80. The highest BCUT2D eigenvalue weighted by atomic mass is 35.5. The third-order valence-corrected chi connectivity index (χ3v) is 3.46. The molecule has 134 valence electrons. The summed E-state index contributed by atoms with van der Waals surface area (Å²) in [7, 11) is 0. The number of amides is 2. The Bertz CT molecular complexity index is 851. The topological polar surface area (TPSA) is 114 Å². The molecule has 0 aliphatic carbocycles. The number of halogens is 2. The second-order valence-electron chi connectivity index (χ2n) is 4.92. The van der Waals surface area contributed by atoms with Crippen molar-refractivity contribution in [1.29, 1.82) is 0 Å². The van der Waals surface area contributed by atoms with Crippen LogP contribution in [0, 0.1) is 15.9 Å². The van der Waals surface area contributed by atoms with Crippen molar-refractivity contribution in [2.45, 2.75) is 0 Å². The summed E-state index contributed by atoms with van der Waals surface area (Å²) in [5, 5.41) is 16.6. The van der Waals surface area contributed by atoms with Crippen molar-refractivity contribution >= 4 is 35.3 Å². The predicted octanol–water partition coefficient (Wildman–Crippen LogP) is 2.27. The molecule has 0 radical (unpaired) electrons. The average molecular weight is 379 g/mol. The number of nitrogens with zero attached hydrogens (tertiary/aromatic N) is 2. The smallest absolute Gasteiger partial charge is 0.269 e. The van der Waals surface area contributed by atoms with E-state index in [-0.39, 0.29) is 21.8 Å². The summed E-state index contributed by atoms with van der Waals surface area (Å²) in [6, 6.07) is 8.99. The number of carbonyl (C=O) groups excluding carboxylic acids is 2. The fourth-order valence-corrected chi connectivity index (χ4v) is 2.05. The molecule has 26 heavy (non-hydrogen) atoms. The van der Waals surface area contributed by atoms with Crippen LogP contribution in [-0.4, -0.2) is 29.5 Å². The van der Waals surface area contributed by atoms with Gasteiger partial charge in [-0.15, -0.1) is 0 Å². The number of carbonyl (C=O) groups is 2. The number of hydrogen-bond acceptors (Lipinski definition) is 5. The summed E-state index contributed by atoms with van der Waals surface area (Å²) in [4.78, 5) is 33.4. The van der Waals surface area contributed by atoms with E-state index in [1.165, 1.54) is 42.5 Å². The maximum Gasteiger partial charge on any atom is 0.269 e. The van der Waals surface area contributed by atoms with Crippen molar-refractivity contribution in [3.05, 3.63) is 74.5 Å². The van der Waals surface area contributed by atoms with Crippen molar-refractivity contribution < 1.29 is 18.9 Å². The molecule has 0 spiro atoms. The van der Waals surface area contributed by atoms with Gasteiger partial charge in [0.25, 0.3) is 17.5 Å². The number of benzene rings is 2. The zero-order chi connectivity index (χ0) is 19.1. The average Bonchev–Trinajstić information content (AvgIpc) is 2.62. The summed E-state index contributed by atoms with van der Waals surface area (Å²) in [5.41, 5.74) is 2.14. The molecule has 0 fully saturated rings. The van der Waals surface area contributed by atoms with Gasteiger partial charge in [0, 0.05) is 23.3 Å². The first-order chi connectivity index (χ1) is 12.4. The molecule has 2 N–H and O–H groups in total. The zero-order valence-corrected chi connectivity index (χ0v) is 13.9. The third kappa shape index (κ3) is 5.08. The summed E-state index contributed by atoms with van der Waals surface area (Å²) in [6.45, 7) is -0.391.